The maximum Gasteiger partial charge on any atom is 0.273 e. The highest BCUT2D eigenvalue weighted by molar-refractivity contribution is 5.85. The first kappa shape index (κ1) is 17.2. The summed E-state index contributed by atoms with van der Waals surface area (Å²) in [5.41, 5.74) is 5.75. The molecule has 1 fully saturated rings. The molecule has 1 amide bonds. The number of benzene rings is 1. The molecule has 1 unspecified atom stereocenters. The Morgan fingerprint density at radius 3 is 2.95 bits per heavy atom. The lowest BCUT2D eigenvalue weighted by molar-refractivity contribution is -0.384. The number of carbonyl (C=O) groups excluding carboxylic acids is 1. The van der Waals surface area contributed by atoms with Gasteiger partial charge >= 0.3 is 0 Å². The van der Waals surface area contributed by atoms with E-state index in [1.807, 2.05) is 0 Å². The summed E-state index contributed by atoms with van der Waals surface area (Å²) < 4.78 is 5.31. The zero-order valence-corrected chi connectivity index (χ0v) is 12.3. The Labute approximate surface area is 128 Å². The van der Waals surface area contributed by atoms with E-state index in [0.29, 0.717) is 18.8 Å². The van der Waals surface area contributed by atoms with Gasteiger partial charge in [0.1, 0.15) is 5.75 Å². The van der Waals surface area contributed by atoms with Crippen LogP contribution in [0.25, 0.3) is 0 Å². The fraction of sp³-hybridized carbons (Fsp3) is 0.462. The van der Waals surface area contributed by atoms with Crippen LogP contribution in [0.2, 0.25) is 0 Å². The first-order chi connectivity index (χ1) is 9.56. The monoisotopic (exact) mass is 315 g/mol. The summed E-state index contributed by atoms with van der Waals surface area (Å²) >= 11 is 0. The maximum absolute atomic E-state index is 11.9. The van der Waals surface area contributed by atoms with Crippen LogP contribution in [0, 0.1) is 10.1 Å². The second kappa shape index (κ2) is 7.80. The van der Waals surface area contributed by atoms with Crippen molar-refractivity contribution in [1.82, 2.24) is 4.90 Å². The largest absolute Gasteiger partial charge is 0.484 e. The minimum Gasteiger partial charge on any atom is -0.484 e. The van der Waals surface area contributed by atoms with Crippen molar-refractivity contribution < 1.29 is 14.5 Å². The lowest BCUT2D eigenvalue weighted by Gasteiger charge is -2.30. The van der Waals surface area contributed by atoms with Gasteiger partial charge in [-0.05, 0) is 18.9 Å². The summed E-state index contributed by atoms with van der Waals surface area (Å²) in [5, 5.41) is 10.6. The summed E-state index contributed by atoms with van der Waals surface area (Å²) in [5.74, 6) is 0.167. The molecule has 0 bridgehead atoms. The molecule has 1 aromatic rings. The second-order valence-corrected chi connectivity index (χ2v) is 4.79. The summed E-state index contributed by atoms with van der Waals surface area (Å²) in [6.45, 7) is 1.09. The Morgan fingerprint density at radius 2 is 2.29 bits per heavy atom. The van der Waals surface area contributed by atoms with Crippen molar-refractivity contribution >= 4 is 24.0 Å². The minimum atomic E-state index is -0.502. The van der Waals surface area contributed by atoms with Gasteiger partial charge in [0.15, 0.2) is 6.61 Å². The molecule has 1 aliphatic heterocycles. The summed E-state index contributed by atoms with van der Waals surface area (Å²) in [7, 11) is 0. The Kier molecular flexibility index (Phi) is 6.39. The molecular weight excluding hydrogens is 298 g/mol. The molecule has 2 N–H and O–H groups in total. The van der Waals surface area contributed by atoms with E-state index >= 15 is 0 Å². The van der Waals surface area contributed by atoms with Gasteiger partial charge in [-0.3, -0.25) is 14.9 Å². The lowest BCUT2D eigenvalue weighted by Crippen LogP contribution is -2.47. The molecule has 1 heterocycles. The van der Waals surface area contributed by atoms with Crippen LogP contribution in [0.4, 0.5) is 5.69 Å². The first-order valence-corrected chi connectivity index (χ1v) is 6.47. The number of likely N-dealkylation sites (tertiary alicyclic amines) is 1. The van der Waals surface area contributed by atoms with Crippen molar-refractivity contribution in [3.05, 3.63) is 34.4 Å². The van der Waals surface area contributed by atoms with E-state index in [0.717, 1.165) is 12.8 Å². The molecule has 1 aromatic carbocycles. The third-order valence-corrected chi connectivity index (χ3v) is 3.20. The van der Waals surface area contributed by atoms with E-state index in [2.05, 4.69) is 0 Å². The molecule has 0 saturated carbocycles. The van der Waals surface area contributed by atoms with Gasteiger partial charge < -0.3 is 15.4 Å². The lowest BCUT2D eigenvalue weighted by atomic mass is 10.1. The van der Waals surface area contributed by atoms with Gasteiger partial charge in [-0.15, -0.1) is 12.4 Å². The molecule has 2 rings (SSSR count). The van der Waals surface area contributed by atoms with E-state index in [1.165, 1.54) is 18.2 Å². The minimum absolute atomic E-state index is 0. The number of nitrogens with two attached hydrogens (primary N) is 1. The smallest absolute Gasteiger partial charge is 0.273 e. The Balaban J connectivity index is 0.00000220. The van der Waals surface area contributed by atoms with Crippen molar-refractivity contribution in [3.8, 4) is 5.75 Å². The van der Waals surface area contributed by atoms with Gasteiger partial charge in [-0.25, -0.2) is 0 Å². The molecule has 1 aliphatic rings. The molecular formula is C13H18ClN3O4. The van der Waals surface area contributed by atoms with Gasteiger partial charge in [0, 0.05) is 25.2 Å². The van der Waals surface area contributed by atoms with Crippen LogP contribution in [0.15, 0.2) is 24.3 Å². The van der Waals surface area contributed by atoms with Crippen molar-refractivity contribution in [2.45, 2.75) is 18.9 Å². The Bertz CT molecular complexity index is 512. The number of hydrogen-bond donors (Lipinski definition) is 1. The zero-order chi connectivity index (χ0) is 14.5. The number of rotatable bonds is 4. The van der Waals surface area contributed by atoms with Crippen LogP contribution >= 0.6 is 12.4 Å². The molecule has 0 spiro atoms. The van der Waals surface area contributed by atoms with Crippen molar-refractivity contribution in [1.29, 1.82) is 0 Å². The number of halogens is 1. The predicted octanol–water partition coefficient (Wildman–Crippen LogP) is 1.35. The third-order valence-electron chi connectivity index (χ3n) is 3.20. The highest BCUT2D eigenvalue weighted by Gasteiger charge is 2.21. The number of ether oxygens (including phenoxy) is 1. The highest BCUT2D eigenvalue weighted by atomic mass is 35.5. The van der Waals surface area contributed by atoms with Gasteiger partial charge in [0.05, 0.1) is 11.0 Å². The fourth-order valence-electron chi connectivity index (χ4n) is 2.16. The van der Waals surface area contributed by atoms with Gasteiger partial charge in [0.25, 0.3) is 11.6 Å². The summed E-state index contributed by atoms with van der Waals surface area (Å²) in [4.78, 5) is 23.8. The predicted molar refractivity (Wildman–Crippen MR) is 79.6 cm³/mol. The Morgan fingerprint density at radius 1 is 1.52 bits per heavy atom. The van der Waals surface area contributed by atoms with Crippen LogP contribution in [-0.2, 0) is 4.79 Å². The fourth-order valence-corrected chi connectivity index (χ4v) is 2.16. The number of nitrogens with zero attached hydrogens (tertiary/aromatic N) is 2. The zero-order valence-electron chi connectivity index (χ0n) is 11.4. The standard InChI is InChI=1S/C13H17N3O4.ClH/c14-10-3-2-6-15(8-10)13(17)9-20-12-5-1-4-11(7-12)16(18)19;/h1,4-5,7,10H,2-3,6,8-9,14H2;1H. The van der Waals surface area contributed by atoms with E-state index in [1.54, 1.807) is 11.0 Å². The second-order valence-electron chi connectivity index (χ2n) is 4.79. The van der Waals surface area contributed by atoms with Gasteiger partial charge in [0.2, 0.25) is 0 Å². The molecule has 1 atom stereocenters. The maximum atomic E-state index is 11.9. The molecule has 1 saturated heterocycles. The van der Waals surface area contributed by atoms with Crippen LogP contribution in [-0.4, -0.2) is 41.5 Å². The van der Waals surface area contributed by atoms with E-state index in [-0.39, 0.29) is 36.7 Å². The molecule has 0 aliphatic carbocycles. The van der Waals surface area contributed by atoms with Crippen molar-refractivity contribution in [2.24, 2.45) is 5.73 Å². The number of piperidine rings is 1. The number of nitro benzene ring substituents is 1. The normalized spacial score (nSPS) is 17.8. The van der Waals surface area contributed by atoms with E-state index in [9.17, 15) is 14.9 Å². The number of hydrogen-bond acceptors (Lipinski definition) is 5. The van der Waals surface area contributed by atoms with Crippen LogP contribution in [0.3, 0.4) is 0 Å². The number of amides is 1. The average Bonchev–Trinajstić information content (AvgIpc) is 2.45. The third kappa shape index (κ3) is 4.87. The molecule has 8 heteroatoms. The number of nitro groups is 1. The molecule has 0 radical (unpaired) electrons. The topological polar surface area (TPSA) is 98.7 Å². The number of non-ortho nitro benzene ring substituents is 1. The van der Waals surface area contributed by atoms with E-state index < -0.39 is 4.92 Å². The summed E-state index contributed by atoms with van der Waals surface area (Å²) in [6, 6.07) is 5.80. The van der Waals surface area contributed by atoms with Gasteiger partial charge in [-0.2, -0.15) is 0 Å². The van der Waals surface area contributed by atoms with Crippen LogP contribution in [0.5, 0.6) is 5.75 Å². The van der Waals surface area contributed by atoms with Crippen molar-refractivity contribution in [3.63, 3.8) is 0 Å². The molecule has 116 valence electrons. The van der Waals surface area contributed by atoms with E-state index in [4.69, 9.17) is 10.5 Å². The van der Waals surface area contributed by atoms with Gasteiger partial charge in [-0.1, -0.05) is 6.07 Å². The average molecular weight is 316 g/mol. The van der Waals surface area contributed by atoms with Crippen LogP contribution in [0.1, 0.15) is 12.8 Å². The molecule has 21 heavy (non-hydrogen) atoms. The molecule has 7 nitrogen and oxygen atoms in total. The Hall–Kier alpha value is -1.86. The van der Waals surface area contributed by atoms with Crippen molar-refractivity contribution in [2.75, 3.05) is 19.7 Å². The number of carbonyl (C=O) groups is 1. The van der Waals surface area contributed by atoms with Crippen LogP contribution < -0.4 is 10.5 Å². The first-order valence-electron chi connectivity index (χ1n) is 6.47. The quantitative estimate of drug-likeness (QED) is 0.668. The summed E-state index contributed by atoms with van der Waals surface area (Å²) in [6.07, 6.45) is 1.82. The molecule has 0 aromatic heterocycles. The SMILES string of the molecule is Cl.NC1CCCN(C(=O)COc2cccc([N+](=O)[O-])c2)C1. The highest BCUT2D eigenvalue weighted by Crippen LogP contribution is 2.19.